The zero-order valence-electron chi connectivity index (χ0n) is 15.5. The minimum Gasteiger partial charge on any atom is -0.358 e. The summed E-state index contributed by atoms with van der Waals surface area (Å²) in [7, 11) is -6.35. The molecule has 29 heavy (non-hydrogen) atoms. The van der Waals surface area contributed by atoms with Gasteiger partial charge < -0.3 is 10.2 Å². The molecule has 0 aromatic heterocycles. The van der Waals surface area contributed by atoms with Crippen LogP contribution in [0.1, 0.15) is 12.8 Å². The lowest BCUT2D eigenvalue weighted by Gasteiger charge is -2.31. The maximum absolute atomic E-state index is 13.2. The molecule has 162 valence electrons. The van der Waals surface area contributed by atoms with E-state index in [1.165, 1.54) is 11.9 Å². The van der Waals surface area contributed by atoms with E-state index in [0.717, 1.165) is 18.2 Å². The number of sulfone groups is 1. The molecular weight excluding hydrogens is 449 g/mol. The van der Waals surface area contributed by atoms with Gasteiger partial charge in [-0.25, -0.2) is 25.9 Å². The molecule has 0 unspecified atom stereocenters. The average Bonchev–Trinajstić information content (AvgIpc) is 2.67. The Bertz CT molecular complexity index is 992. The number of sulfonamides is 1. The fraction of sp³-hybridized carbons (Fsp3) is 0.500. The van der Waals surface area contributed by atoms with Crippen molar-refractivity contribution in [1.82, 2.24) is 14.9 Å². The smallest absolute Gasteiger partial charge is 0.241 e. The van der Waals surface area contributed by atoms with E-state index in [1.807, 2.05) is 0 Å². The van der Waals surface area contributed by atoms with Crippen LogP contribution in [0, 0.1) is 5.82 Å². The first-order valence-corrected chi connectivity index (χ1v) is 12.2. The molecular formula is C16H21ClFN3O6S2. The Morgan fingerprint density at radius 2 is 1.83 bits per heavy atom. The Hall–Kier alpha value is -1.76. The van der Waals surface area contributed by atoms with Crippen LogP contribution in [0.5, 0.6) is 0 Å². The molecule has 0 saturated carbocycles. The molecule has 1 aromatic rings. The van der Waals surface area contributed by atoms with E-state index in [4.69, 9.17) is 11.6 Å². The Morgan fingerprint density at radius 1 is 1.21 bits per heavy atom. The molecule has 2 N–H and O–H groups in total. The first-order chi connectivity index (χ1) is 13.5. The summed E-state index contributed by atoms with van der Waals surface area (Å²) in [4.78, 5) is 24.7. The van der Waals surface area contributed by atoms with E-state index >= 15 is 0 Å². The molecule has 1 saturated heterocycles. The number of carbonyl (C=O) groups excluding carboxylic acids is 2. The van der Waals surface area contributed by atoms with Crippen LogP contribution in [0.25, 0.3) is 0 Å². The van der Waals surface area contributed by atoms with Crippen molar-refractivity contribution in [3.05, 3.63) is 29.0 Å². The standard InChI is InChI=1S/C16H21ClFN3O6S2/c1-19-15(22)10-28(24,25)11-4-6-21(7-5-11)16(23)9-20-29(26,27)12-2-3-14(18)13(17)8-12/h2-3,8,11,20H,4-7,9-10H2,1H3,(H,19,22). The topological polar surface area (TPSA) is 130 Å². The van der Waals surface area contributed by atoms with Crippen LogP contribution in [0.2, 0.25) is 5.02 Å². The third-order valence-corrected chi connectivity index (χ3v) is 8.37. The number of hydrogen-bond acceptors (Lipinski definition) is 6. The molecule has 0 aliphatic carbocycles. The molecule has 0 atom stereocenters. The molecule has 1 heterocycles. The Morgan fingerprint density at radius 3 is 2.38 bits per heavy atom. The second-order valence-corrected chi connectivity index (χ2v) is 10.9. The SMILES string of the molecule is CNC(=O)CS(=O)(=O)C1CCN(C(=O)CNS(=O)(=O)c2ccc(F)c(Cl)c2)CC1. The molecule has 1 aliphatic heterocycles. The lowest BCUT2D eigenvalue weighted by Crippen LogP contribution is -2.47. The lowest BCUT2D eigenvalue weighted by molar-refractivity contribution is -0.130. The lowest BCUT2D eigenvalue weighted by atomic mass is 10.1. The third kappa shape index (κ3) is 6.11. The highest BCUT2D eigenvalue weighted by atomic mass is 35.5. The van der Waals surface area contributed by atoms with Gasteiger partial charge in [-0.2, -0.15) is 0 Å². The molecule has 0 bridgehead atoms. The van der Waals surface area contributed by atoms with E-state index in [1.54, 1.807) is 0 Å². The van der Waals surface area contributed by atoms with Crippen LogP contribution in [0.3, 0.4) is 0 Å². The van der Waals surface area contributed by atoms with Gasteiger partial charge in [0.25, 0.3) is 0 Å². The van der Waals surface area contributed by atoms with Crippen LogP contribution in [-0.4, -0.2) is 71.2 Å². The van der Waals surface area contributed by atoms with E-state index in [9.17, 15) is 30.8 Å². The highest BCUT2D eigenvalue weighted by Crippen LogP contribution is 2.20. The van der Waals surface area contributed by atoms with Crippen LogP contribution in [0.15, 0.2) is 23.1 Å². The summed E-state index contributed by atoms with van der Waals surface area (Å²) >= 11 is 5.58. The number of carbonyl (C=O) groups is 2. The monoisotopic (exact) mass is 469 g/mol. The van der Waals surface area contributed by atoms with Gasteiger partial charge in [0.1, 0.15) is 11.6 Å². The third-order valence-electron chi connectivity index (χ3n) is 4.53. The first kappa shape index (κ1) is 23.5. The number of benzene rings is 1. The summed E-state index contributed by atoms with van der Waals surface area (Å²) < 4.78 is 64.1. The van der Waals surface area contributed by atoms with Gasteiger partial charge >= 0.3 is 0 Å². The molecule has 2 rings (SSSR count). The summed E-state index contributed by atoms with van der Waals surface area (Å²) in [6.07, 6.45) is 0.316. The van der Waals surface area contributed by atoms with Gasteiger partial charge in [0.2, 0.25) is 21.8 Å². The van der Waals surface area contributed by atoms with Gasteiger partial charge in [0, 0.05) is 20.1 Å². The fourth-order valence-electron chi connectivity index (χ4n) is 2.83. The van der Waals surface area contributed by atoms with Gasteiger partial charge in [-0.15, -0.1) is 0 Å². The maximum atomic E-state index is 13.2. The van der Waals surface area contributed by atoms with E-state index in [-0.39, 0.29) is 35.8 Å². The zero-order chi connectivity index (χ0) is 21.8. The van der Waals surface area contributed by atoms with Crippen molar-refractivity contribution < 1.29 is 30.8 Å². The molecule has 1 fully saturated rings. The van der Waals surface area contributed by atoms with Crippen LogP contribution in [0.4, 0.5) is 4.39 Å². The van der Waals surface area contributed by atoms with E-state index < -0.39 is 55.0 Å². The molecule has 2 amide bonds. The summed E-state index contributed by atoms with van der Waals surface area (Å²) in [6, 6.07) is 2.87. The number of likely N-dealkylation sites (tertiary alicyclic amines) is 1. The zero-order valence-corrected chi connectivity index (χ0v) is 17.9. The average molecular weight is 470 g/mol. The van der Waals surface area contributed by atoms with Gasteiger partial charge in [-0.1, -0.05) is 11.6 Å². The van der Waals surface area contributed by atoms with Gasteiger partial charge in [-0.3, -0.25) is 9.59 Å². The largest absolute Gasteiger partial charge is 0.358 e. The molecule has 13 heteroatoms. The molecule has 1 aromatic carbocycles. The minimum absolute atomic E-state index is 0.126. The van der Waals surface area contributed by atoms with Crippen molar-refractivity contribution in [3.8, 4) is 0 Å². The number of halogens is 2. The summed E-state index contributed by atoms with van der Waals surface area (Å²) in [6.45, 7) is -0.284. The second-order valence-electron chi connectivity index (χ2n) is 6.46. The predicted octanol–water partition coefficient (Wildman–Crippen LogP) is -0.0908. The van der Waals surface area contributed by atoms with E-state index in [2.05, 4.69) is 10.0 Å². The minimum atomic E-state index is -4.07. The first-order valence-electron chi connectivity index (χ1n) is 8.61. The predicted molar refractivity (Wildman–Crippen MR) is 104 cm³/mol. The highest BCUT2D eigenvalue weighted by molar-refractivity contribution is 7.92. The molecule has 9 nitrogen and oxygen atoms in total. The maximum Gasteiger partial charge on any atom is 0.241 e. The number of hydrogen-bond donors (Lipinski definition) is 2. The fourth-order valence-corrected chi connectivity index (χ4v) is 5.75. The number of nitrogens with zero attached hydrogens (tertiary/aromatic N) is 1. The summed E-state index contributed by atoms with van der Waals surface area (Å²) in [5, 5.41) is 1.17. The quantitative estimate of drug-likeness (QED) is 0.574. The van der Waals surface area contributed by atoms with Crippen molar-refractivity contribution in [2.75, 3.05) is 32.4 Å². The highest BCUT2D eigenvalue weighted by Gasteiger charge is 2.33. The Balaban J connectivity index is 1.91. The van der Waals surface area contributed by atoms with Crippen molar-refractivity contribution in [1.29, 1.82) is 0 Å². The normalized spacial score (nSPS) is 15.9. The summed E-state index contributed by atoms with van der Waals surface area (Å²) in [5.41, 5.74) is 0. The van der Waals surface area contributed by atoms with Crippen LogP contribution >= 0.6 is 11.6 Å². The van der Waals surface area contributed by atoms with Crippen LogP contribution < -0.4 is 10.0 Å². The van der Waals surface area contributed by atoms with Gasteiger partial charge in [0.05, 0.1) is 21.7 Å². The van der Waals surface area contributed by atoms with Crippen molar-refractivity contribution in [3.63, 3.8) is 0 Å². The van der Waals surface area contributed by atoms with Crippen molar-refractivity contribution in [2.24, 2.45) is 0 Å². The van der Waals surface area contributed by atoms with Gasteiger partial charge in [0.15, 0.2) is 9.84 Å². The van der Waals surface area contributed by atoms with E-state index in [0.29, 0.717) is 0 Å². The summed E-state index contributed by atoms with van der Waals surface area (Å²) in [5.74, 6) is -2.50. The van der Waals surface area contributed by atoms with Gasteiger partial charge in [-0.05, 0) is 31.0 Å². The molecule has 0 spiro atoms. The molecule has 0 radical (unpaired) electrons. The number of piperidine rings is 1. The Kier molecular flexibility index (Phi) is 7.60. The van der Waals surface area contributed by atoms with Crippen LogP contribution in [-0.2, 0) is 29.4 Å². The number of rotatable bonds is 7. The second kappa shape index (κ2) is 9.37. The van der Waals surface area contributed by atoms with Crippen molar-refractivity contribution in [2.45, 2.75) is 23.0 Å². The Labute approximate surface area is 173 Å². The van der Waals surface area contributed by atoms with Crippen molar-refractivity contribution >= 4 is 43.3 Å². The molecule has 1 aliphatic rings. The number of nitrogens with one attached hydrogen (secondary N) is 2. The number of amides is 2.